The number of carbonyl (C=O) groups is 2. The molecule has 0 bridgehead atoms. The van der Waals surface area contributed by atoms with Crippen LogP contribution < -0.4 is 10.1 Å². The van der Waals surface area contributed by atoms with Crippen molar-refractivity contribution in [2.24, 2.45) is 5.92 Å². The Hall–Kier alpha value is -2.08. The van der Waals surface area contributed by atoms with Crippen molar-refractivity contribution in [1.82, 2.24) is 5.32 Å². The first kappa shape index (κ1) is 19.2. The Morgan fingerprint density at radius 2 is 1.96 bits per heavy atom. The van der Waals surface area contributed by atoms with Gasteiger partial charge >= 0.3 is 5.97 Å². The van der Waals surface area contributed by atoms with Crippen LogP contribution in [0.15, 0.2) is 24.3 Å². The number of hydrogen-bond acceptors (Lipinski definition) is 5. The number of amides is 1. The summed E-state index contributed by atoms with van der Waals surface area (Å²) in [5.41, 5.74) is 0.382. The number of rotatable bonds is 8. The van der Waals surface area contributed by atoms with Crippen molar-refractivity contribution in [3.63, 3.8) is 0 Å². The normalized spacial score (nSPS) is 18.0. The van der Waals surface area contributed by atoms with Gasteiger partial charge in [0.25, 0.3) is 5.91 Å². The number of hydrogen-bond donors (Lipinski definition) is 1. The van der Waals surface area contributed by atoms with Crippen LogP contribution in [-0.4, -0.2) is 43.8 Å². The zero-order valence-electron chi connectivity index (χ0n) is 15.1. The molecule has 0 saturated carbocycles. The van der Waals surface area contributed by atoms with Gasteiger partial charge < -0.3 is 19.5 Å². The first-order valence-corrected chi connectivity index (χ1v) is 8.79. The molecule has 6 heteroatoms. The van der Waals surface area contributed by atoms with Crippen LogP contribution in [0.25, 0.3) is 0 Å². The summed E-state index contributed by atoms with van der Waals surface area (Å²) in [5.74, 6) is 0.195. The molecule has 0 spiro atoms. The van der Waals surface area contributed by atoms with Crippen LogP contribution in [0.5, 0.6) is 5.75 Å². The summed E-state index contributed by atoms with van der Waals surface area (Å²) < 4.78 is 16.4. The predicted octanol–water partition coefficient (Wildman–Crippen LogP) is 2.56. The minimum Gasteiger partial charge on any atom is -0.491 e. The zero-order chi connectivity index (χ0) is 18.2. The molecule has 0 unspecified atom stereocenters. The summed E-state index contributed by atoms with van der Waals surface area (Å²) in [6, 6.07) is 6.70. The summed E-state index contributed by atoms with van der Waals surface area (Å²) >= 11 is 0. The third-order valence-corrected chi connectivity index (χ3v) is 3.89. The quantitative estimate of drug-likeness (QED) is 0.730. The van der Waals surface area contributed by atoms with E-state index in [1.165, 1.54) is 0 Å². The van der Waals surface area contributed by atoms with Gasteiger partial charge in [0.05, 0.1) is 11.7 Å². The monoisotopic (exact) mass is 349 g/mol. The Morgan fingerprint density at radius 3 is 2.56 bits per heavy atom. The van der Waals surface area contributed by atoms with Gasteiger partial charge in [-0.25, -0.2) is 4.79 Å². The highest BCUT2D eigenvalue weighted by atomic mass is 16.5. The summed E-state index contributed by atoms with van der Waals surface area (Å²) in [4.78, 5) is 24.0. The van der Waals surface area contributed by atoms with Crippen molar-refractivity contribution in [1.29, 1.82) is 0 Å². The molecular weight excluding hydrogens is 322 g/mol. The third kappa shape index (κ3) is 6.38. The van der Waals surface area contributed by atoms with E-state index in [1.807, 2.05) is 13.8 Å². The van der Waals surface area contributed by atoms with Crippen LogP contribution in [0.1, 0.15) is 44.0 Å². The van der Waals surface area contributed by atoms with Crippen LogP contribution in [-0.2, 0) is 14.3 Å². The Labute approximate surface area is 148 Å². The van der Waals surface area contributed by atoms with Gasteiger partial charge in [0.15, 0.2) is 6.10 Å². The molecule has 1 saturated heterocycles. The molecule has 2 atom stereocenters. The lowest BCUT2D eigenvalue weighted by Gasteiger charge is -2.15. The minimum atomic E-state index is -0.832. The maximum Gasteiger partial charge on any atom is 0.338 e. The topological polar surface area (TPSA) is 73.9 Å². The molecule has 1 amide bonds. The summed E-state index contributed by atoms with van der Waals surface area (Å²) in [5, 5.41) is 2.74. The van der Waals surface area contributed by atoms with E-state index in [4.69, 9.17) is 14.2 Å². The third-order valence-electron chi connectivity index (χ3n) is 3.89. The van der Waals surface area contributed by atoms with Crippen LogP contribution in [0.3, 0.4) is 0 Å². The molecule has 1 fully saturated rings. The lowest BCUT2D eigenvalue weighted by molar-refractivity contribution is -0.129. The number of carbonyl (C=O) groups excluding carboxylic acids is 2. The highest BCUT2D eigenvalue weighted by Gasteiger charge is 2.19. The summed E-state index contributed by atoms with van der Waals surface area (Å²) in [6.45, 7) is 7.42. The Balaban J connectivity index is 1.79. The van der Waals surface area contributed by atoms with Gasteiger partial charge in [-0.3, -0.25) is 4.79 Å². The van der Waals surface area contributed by atoms with Gasteiger partial charge in [-0.2, -0.15) is 0 Å². The SMILES string of the molecule is CC(C)CNC(=O)[C@H](C)OC(=O)c1ccc(OC[C@H]2CCCO2)cc1. The Kier molecular flexibility index (Phi) is 7.25. The van der Waals surface area contributed by atoms with E-state index in [0.29, 0.717) is 30.4 Å². The molecule has 0 aromatic heterocycles. The van der Waals surface area contributed by atoms with Crippen molar-refractivity contribution in [2.45, 2.75) is 45.8 Å². The van der Waals surface area contributed by atoms with Crippen LogP contribution in [0.4, 0.5) is 0 Å². The molecule has 138 valence electrons. The molecule has 0 aliphatic carbocycles. The molecule has 1 aromatic carbocycles. The molecule has 2 rings (SSSR count). The fourth-order valence-corrected chi connectivity index (χ4v) is 2.38. The predicted molar refractivity (Wildman–Crippen MR) is 93.6 cm³/mol. The van der Waals surface area contributed by atoms with E-state index >= 15 is 0 Å². The zero-order valence-corrected chi connectivity index (χ0v) is 15.1. The first-order valence-electron chi connectivity index (χ1n) is 8.79. The summed E-state index contributed by atoms with van der Waals surface area (Å²) in [7, 11) is 0. The van der Waals surface area contributed by atoms with Crippen molar-refractivity contribution in [3.8, 4) is 5.75 Å². The van der Waals surface area contributed by atoms with Crippen LogP contribution in [0, 0.1) is 5.92 Å². The molecule has 1 aromatic rings. The fraction of sp³-hybridized carbons (Fsp3) is 0.579. The number of ether oxygens (including phenoxy) is 3. The second-order valence-corrected chi connectivity index (χ2v) is 6.66. The maximum atomic E-state index is 12.1. The summed E-state index contributed by atoms with van der Waals surface area (Å²) in [6.07, 6.45) is 1.40. The first-order chi connectivity index (χ1) is 12.0. The smallest absolute Gasteiger partial charge is 0.338 e. The Bertz CT molecular complexity index is 564. The number of esters is 1. The largest absolute Gasteiger partial charge is 0.491 e. The molecule has 6 nitrogen and oxygen atoms in total. The minimum absolute atomic E-state index is 0.148. The van der Waals surface area contributed by atoms with Crippen molar-refractivity contribution < 1.29 is 23.8 Å². The Morgan fingerprint density at radius 1 is 1.24 bits per heavy atom. The molecule has 1 heterocycles. The van der Waals surface area contributed by atoms with E-state index < -0.39 is 12.1 Å². The van der Waals surface area contributed by atoms with Gasteiger partial charge in [-0.05, 0) is 49.9 Å². The molecule has 1 aliphatic rings. The van der Waals surface area contributed by atoms with Gasteiger partial charge in [-0.1, -0.05) is 13.8 Å². The van der Waals surface area contributed by atoms with E-state index in [9.17, 15) is 9.59 Å². The van der Waals surface area contributed by atoms with Crippen LogP contribution in [0.2, 0.25) is 0 Å². The molecule has 25 heavy (non-hydrogen) atoms. The van der Waals surface area contributed by atoms with Gasteiger partial charge in [0, 0.05) is 13.2 Å². The second kappa shape index (κ2) is 9.42. The second-order valence-electron chi connectivity index (χ2n) is 6.66. The highest BCUT2D eigenvalue weighted by molar-refractivity contribution is 5.92. The molecule has 1 aliphatic heterocycles. The van der Waals surface area contributed by atoms with Crippen molar-refractivity contribution >= 4 is 11.9 Å². The van der Waals surface area contributed by atoms with Gasteiger partial charge in [-0.15, -0.1) is 0 Å². The van der Waals surface area contributed by atoms with Gasteiger partial charge in [0.2, 0.25) is 0 Å². The fourth-order valence-electron chi connectivity index (χ4n) is 2.38. The standard InChI is InChI=1S/C19H27NO5/c1-13(2)11-20-18(21)14(3)25-19(22)15-6-8-16(9-7-15)24-12-17-5-4-10-23-17/h6-9,13-14,17H,4-5,10-12H2,1-3H3,(H,20,21)/t14-,17+/m0/s1. The van der Waals surface area contributed by atoms with Gasteiger partial charge in [0.1, 0.15) is 12.4 Å². The van der Waals surface area contributed by atoms with Crippen molar-refractivity contribution in [2.75, 3.05) is 19.8 Å². The van der Waals surface area contributed by atoms with E-state index in [-0.39, 0.29) is 12.0 Å². The molecule has 0 radical (unpaired) electrons. The lowest BCUT2D eigenvalue weighted by Crippen LogP contribution is -2.37. The lowest BCUT2D eigenvalue weighted by atomic mass is 10.2. The van der Waals surface area contributed by atoms with Crippen LogP contribution >= 0.6 is 0 Å². The number of benzene rings is 1. The van der Waals surface area contributed by atoms with E-state index in [1.54, 1.807) is 31.2 Å². The van der Waals surface area contributed by atoms with E-state index in [0.717, 1.165) is 19.4 Å². The number of nitrogens with one attached hydrogen (secondary N) is 1. The average Bonchev–Trinajstić information content (AvgIpc) is 3.11. The molecule has 1 N–H and O–H groups in total. The highest BCUT2D eigenvalue weighted by Crippen LogP contribution is 2.17. The average molecular weight is 349 g/mol. The molecular formula is C19H27NO5. The maximum absolute atomic E-state index is 12.1. The van der Waals surface area contributed by atoms with E-state index in [2.05, 4.69) is 5.32 Å². The van der Waals surface area contributed by atoms with Crippen molar-refractivity contribution in [3.05, 3.63) is 29.8 Å².